The van der Waals surface area contributed by atoms with E-state index in [1.54, 1.807) is 0 Å². The van der Waals surface area contributed by atoms with Crippen LogP contribution in [0.15, 0.2) is 12.2 Å². The lowest BCUT2D eigenvalue weighted by Gasteiger charge is -2.24. The summed E-state index contributed by atoms with van der Waals surface area (Å²) in [6, 6.07) is 0.534. The van der Waals surface area contributed by atoms with Crippen LogP contribution in [0.1, 0.15) is 34.1 Å². The van der Waals surface area contributed by atoms with Crippen molar-refractivity contribution in [2.45, 2.75) is 40.2 Å². The van der Waals surface area contributed by atoms with Gasteiger partial charge in [-0.15, -0.1) is 0 Å². The molecule has 0 radical (unpaired) electrons. The Morgan fingerprint density at radius 1 is 1.38 bits per heavy atom. The van der Waals surface area contributed by atoms with Crippen LogP contribution in [0.25, 0.3) is 0 Å². The number of hydrogen-bond donors (Lipinski definition) is 0. The number of rotatable bonds is 7. The molecule has 0 aliphatic heterocycles. The van der Waals surface area contributed by atoms with Crippen LogP contribution < -0.4 is 0 Å². The number of hydrogen-bond acceptors (Lipinski definition) is 3. The lowest BCUT2D eigenvalue weighted by molar-refractivity contribution is -0.137. The molecule has 1 unspecified atom stereocenters. The molecule has 0 bridgehead atoms. The molecule has 0 heterocycles. The number of esters is 1. The van der Waals surface area contributed by atoms with Crippen molar-refractivity contribution in [3.63, 3.8) is 0 Å². The summed E-state index contributed by atoms with van der Waals surface area (Å²) in [7, 11) is 2.07. The zero-order valence-electron chi connectivity index (χ0n) is 11.2. The maximum absolute atomic E-state index is 11.0. The standard InChI is InChI=1S/C13H25NO2/c1-6-16-13(15)8-7-9-14(5)12(4)10-11(2)3/h7-8,11-12H,6,9-10H2,1-5H3/b8-7+. The molecule has 0 aliphatic rings. The van der Waals surface area contributed by atoms with Gasteiger partial charge in [-0.3, -0.25) is 0 Å². The van der Waals surface area contributed by atoms with Gasteiger partial charge in [0, 0.05) is 18.7 Å². The van der Waals surface area contributed by atoms with Gasteiger partial charge in [-0.05, 0) is 33.2 Å². The van der Waals surface area contributed by atoms with E-state index in [0.29, 0.717) is 18.6 Å². The molecule has 0 rings (SSSR count). The first-order valence-electron chi connectivity index (χ1n) is 6.00. The summed E-state index contributed by atoms with van der Waals surface area (Å²) in [4.78, 5) is 13.3. The summed E-state index contributed by atoms with van der Waals surface area (Å²) < 4.78 is 4.80. The topological polar surface area (TPSA) is 29.5 Å². The first-order valence-corrected chi connectivity index (χ1v) is 6.00. The third kappa shape index (κ3) is 7.46. The van der Waals surface area contributed by atoms with Gasteiger partial charge in [0.25, 0.3) is 0 Å². The van der Waals surface area contributed by atoms with Gasteiger partial charge < -0.3 is 9.64 Å². The number of ether oxygens (including phenoxy) is 1. The number of nitrogens with zero attached hydrogens (tertiary/aromatic N) is 1. The van der Waals surface area contributed by atoms with E-state index < -0.39 is 0 Å². The SMILES string of the molecule is CCOC(=O)/C=C/CN(C)C(C)CC(C)C. The van der Waals surface area contributed by atoms with E-state index in [1.165, 1.54) is 12.5 Å². The van der Waals surface area contributed by atoms with Crippen LogP contribution in [0.2, 0.25) is 0 Å². The van der Waals surface area contributed by atoms with E-state index in [1.807, 2.05) is 13.0 Å². The Morgan fingerprint density at radius 3 is 2.50 bits per heavy atom. The van der Waals surface area contributed by atoms with Crippen molar-refractivity contribution in [3.8, 4) is 0 Å². The maximum atomic E-state index is 11.0. The van der Waals surface area contributed by atoms with Crippen molar-refractivity contribution in [3.05, 3.63) is 12.2 Å². The monoisotopic (exact) mass is 227 g/mol. The molecule has 0 spiro atoms. The molecule has 0 aliphatic carbocycles. The zero-order valence-corrected chi connectivity index (χ0v) is 11.2. The van der Waals surface area contributed by atoms with Gasteiger partial charge in [-0.2, -0.15) is 0 Å². The van der Waals surface area contributed by atoms with Gasteiger partial charge in [-0.25, -0.2) is 4.79 Å². The summed E-state index contributed by atoms with van der Waals surface area (Å²) in [6.07, 6.45) is 4.53. The smallest absolute Gasteiger partial charge is 0.330 e. The molecule has 0 fully saturated rings. The Labute approximate surface area is 99.5 Å². The Hall–Kier alpha value is -0.830. The summed E-state index contributed by atoms with van der Waals surface area (Å²) in [5.41, 5.74) is 0. The van der Waals surface area contributed by atoms with Gasteiger partial charge in [0.05, 0.1) is 6.61 Å². The van der Waals surface area contributed by atoms with Gasteiger partial charge in [0.15, 0.2) is 0 Å². The average molecular weight is 227 g/mol. The second kappa shape index (κ2) is 8.34. The minimum absolute atomic E-state index is 0.257. The highest BCUT2D eigenvalue weighted by Crippen LogP contribution is 2.09. The van der Waals surface area contributed by atoms with Crippen LogP contribution in [0, 0.1) is 5.92 Å². The van der Waals surface area contributed by atoms with Crippen molar-refractivity contribution in [2.24, 2.45) is 5.92 Å². The molecule has 16 heavy (non-hydrogen) atoms. The summed E-state index contributed by atoms with van der Waals surface area (Å²) in [6.45, 7) is 9.67. The molecule has 0 saturated carbocycles. The first kappa shape index (κ1) is 15.2. The Kier molecular flexibility index (Phi) is 7.90. The Bertz CT molecular complexity index is 224. The van der Waals surface area contributed by atoms with E-state index in [4.69, 9.17) is 4.74 Å². The molecule has 0 amide bonds. The normalized spacial score (nSPS) is 13.7. The van der Waals surface area contributed by atoms with Gasteiger partial charge in [0.1, 0.15) is 0 Å². The molecular weight excluding hydrogens is 202 g/mol. The van der Waals surface area contributed by atoms with E-state index in [9.17, 15) is 4.79 Å². The fraction of sp³-hybridized carbons (Fsp3) is 0.769. The third-order valence-electron chi connectivity index (χ3n) is 2.50. The predicted octanol–water partition coefficient (Wildman–Crippen LogP) is 2.47. The molecule has 3 nitrogen and oxygen atoms in total. The van der Waals surface area contributed by atoms with Crippen molar-refractivity contribution in [2.75, 3.05) is 20.2 Å². The van der Waals surface area contributed by atoms with Gasteiger partial charge in [-0.1, -0.05) is 19.9 Å². The second-order valence-corrected chi connectivity index (χ2v) is 4.57. The summed E-state index contributed by atoms with van der Waals surface area (Å²) in [5, 5.41) is 0. The maximum Gasteiger partial charge on any atom is 0.330 e. The number of carbonyl (C=O) groups is 1. The first-order chi connectivity index (χ1) is 7.47. The third-order valence-corrected chi connectivity index (χ3v) is 2.50. The lowest BCUT2D eigenvalue weighted by atomic mass is 10.0. The summed E-state index contributed by atoms with van der Waals surface area (Å²) >= 11 is 0. The van der Waals surface area contributed by atoms with Crippen LogP contribution in [-0.4, -0.2) is 37.1 Å². The predicted molar refractivity (Wildman–Crippen MR) is 67.3 cm³/mol. The van der Waals surface area contributed by atoms with Crippen molar-refractivity contribution < 1.29 is 9.53 Å². The number of likely N-dealkylation sites (N-methyl/N-ethyl adjacent to an activating group) is 1. The second-order valence-electron chi connectivity index (χ2n) is 4.57. The van der Waals surface area contributed by atoms with Crippen LogP contribution in [0.5, 0.6) is 0 Å². The lowest BCUT2D eigenvalue weighted by Crippen LogP contribution is -2.30. The largest absolute Gasteiger partial charge is 0.463 e. The van der Waals surface area contributed by atoms with Gasteiger partial charge >= 0.3 is 5.97 Å². The van der Waals surface area contributed by atoms with E-state index >= 15 is 0 Å². The zero-order chi connectivity index (χ0) is 12.6. The van der Waals surface area contributed by atoms with E-state index in [0.717, 1.165) is 6.54 Å². The molecule has 0 aromatic heterocycles. The van der Waals surface area contributed by atoms with Crippen molar-refractivity contribution in [1.82, 2.24) is 4.90 Å². The highest BCUT2D eigenvalue weighted by Gasteiger charge is 2.09. The van der Waals surface area contributed by atoms with Gasteiger partial charge in [0.2, 0.25) is 0 Å². The molecule has 1 atom stereocenters. The molecule has 0 aromatic rings. The fourth-order valence-corrected chi connectivity index (χ4v) is 1.55. The highest BCUT2D eigenvalue weighted by atomic mass is 16.5. The van der Waals surface area contributed by atoms with Crippen LogP contribution in [0.4, 0.5) is 0 Å². The van der Waals surface area contributed by atoms with E-state index in [2.05, 4.69) is 32.7 Å². The molecular formula is C13H25NO2. The molecule has 0 saturated heterocycles. The number of carbonyl (C=O) groups excluding carboxylic acids is 1. The van der Waals surface area contributed by atoms with Crippen LogP contribution >= 0.6 is 0 Å². The highest BCUT2D eigenvalue weighted by molar-refractivity contribution is 5.81. The van der Waals surface area contributed by atoms with Crippen LogP contribution in [0.3, 0.4) is 0 Å². The van der Waals surface area contributed by atoms with Crippen LogP contribution in [-0.2, 0) is 9.53 Å². The minimum atomic E-state index is -0.257. The molecule has 94 valence electrons. The molecule has 3 heteroatoms. The van der Waals surface area contributed by atoms with E-state index in [-0.39, 0.29) is 5.97 Å². The minimum Gasteiger partial charge on any atom is -0.463 e. The fourth-order valence-electron chi connectivity index (χ4n) is 1.55. The Morgan fingerprint density at radius 2 is 2.00 bits per heavy atom. The Balaban J connectivity index is 3.87. The average Bonchev–Trinajstić information content (AvgIpc) is 2.16. The molecule has 0 N–H and O–H groups in total. The molecule has 0 aromatic carbocycles. The summed E-state index contributed by atoms with van der Waals surface area (Å²) in [5.74, 6) is 0.443. The van der Waals surface area contributed by atoms with Crippen molar-refractivity contribution >= 4 is 5.97 Å². The van der Waals surface area contributed by atoms with Crippen molar-refractivity contribution in [1.29, 1.82) is 0 Å². The quantitative estimate of drug-likeness (QED) is 0.494.